The fourth-order valence-corrected chi connectivity index (χ4v) is 3.76. The molecular formula is C20H17NO5S. The topological polar surface area (TPSA) is 86.5 Å². The molecule has 0 spiro atoms. The number of para-hydroxylation sites is 1. The Kier molecular flexibility index (Phi) is 5.71. The van der Waals surface area contributed by atoms with E-state index >= 15 is 0 Å². The summed E-state index contributed by atoms with van der Waals surface area (Å²) in [4.78, 5) is 36.2. The molecule has 1 aliphatic rings. The van der Waals surface area contributed by atoms with Crippen molar-refractivity contribution in [1.82, 2.24) is 0 Å². The van der Waals surface area contributed by atoms with Crippen molar-refractivity contribution in [3.05, 3.63) is 80.4 Å². The van der Waals surface area contributed by atoms with Gasteiger partial charge in [-0.3, -0.25) is 14.9 Å². The molecule has 138 valence electrons. The first kappa shape index (κ1) is 18.8. The number of ketones is 1. The number of hydrogen-bond donors (Lipinski definition) is 0. The Morgan fingerprint density at radius 2 is 1.81 bits per heavy atom. The zero-order chi connectivity index (χ0) is 19.4. The Bertz CT molecular complexity index is 934. The van der Waals surface area contributed by atoms with Crippen LogP contribution in [-0.2, 0) is 9.53 Å². The van der Waals surface area contributed by atoms with Gasteiger partial charge in [0.2, 0.25) is 0 Å². The van der Waals surface area contributed by atoms with E-state index < -0.39 is 10.9 Å². The predicted octanol–water partition coefficient (Wildman–Crippen LogP) is 4.82. The molecule has 6 nitrogen and oxygen atoms in total. The first-order valence-electron chi connectivity index (χ1n) is 8.42. The second-order valence-electron chi connectivity index (χ2n) is 6.11. The molecule has 0 radical (unpaired) electrons. The van der Waals surface area contributed by atoms with Gasteiger partial charge >= 0.3 is 5.97 Å². The third-order valence-corrected chi connectivity index (χ3v) is 5.32. The highest BCUT2D eigenvalue weighted by molar-refractivity contribution is 8.04. The highest BCUT2D eigenvalue weighted by Gasteiger charge is 2.27. The summed E-state index contributed by atoms with van der Waals surface area (Å²) in [7, 11) is 0. The van der Waals surface area contributed by atoms with Crippen LogP contribution in [0.5, 0.6) is 0 Å². The number of nitrogens with zero attached hydrogens (tertiary/aromatic N) is 1. The van der Waals surface area contributed by atoms with Crippen molar-refractivity contribution in [2.45, 2.75) is 31.1 Å². The van der Waals surface area contributed by atoms with E-state index in [1.807, 2.05) is 6.92 Å². The number of ether oxygens (including phenoxy) is 1. The van der Waals surface area contributed by atoms with Crippen LogP contribution in [0.2, 0.25) is 0 Å². The molecule has 2 aromatic rings. The van der Waals surface area contributed by atoms with Crippen LogP contribution in [0.4, 0.5) is 5.69 Å². The number of aryl methyl sites for hydroxylation is 1. The Hall–Kier alpha value is -2.93. The van der Waals surface area contributed by atoms with Gasteiger partial charge in [0.05, 0.1) is 20.3 Å². The molecule has 3 rings (SSSR count). The van der Waals surface area contributed by atoms with Crippen molar-refractivity contribution in [1.29, 1.82) is 0 Å². The van der Waals surface area contributed by atoms with E-state index in [0.717, 1.165) is 17.3 Å². The Labute approximate surface area is 160 Å². The van der Waals surface area contributed by atoms with Gasteiger partial charge < -0.3 is 4.74 Å². The van der Waals surface area contributed by atoms with E-state index in [1.165, 1.54) is 6.07 Å². The maximum Gasteiger partial charge on any atom is 0.343 e. The summed E-state index contributed by atoms with van der Waals surface area (Å²) in [5, 5.41) is 11.2. The molecular weight excluding hydrogens is 366 g/mol. The fourth-order valence-electron chi connectivity index (χ4n) is 2.67. The molecule has 0 saturated carbocycles. The molecule has 0 saturated heterocycles. The summed E-state index contributed by atoms with van der Waals surface area (Å²) >= 11 is 0.987. The van der Waals surface area contributed by atoms with Crippen LogP contribution in [0.25, 0.3) is 0 Å². The van der Waals surface area contributed by atoms with Crippen LogP contribution >= 0.6 is 11.8 Å². The number of thioether (sulfide) groups is 1. The van der Waals surface area contributed by atoms with Crippen molar-refractivity contribution in [2.24, 2.45) is 0 Å². The quantitative estimate of drug-likeness (QED) is 0.418. The minimum Gasteiger partial charge on any atom is -0.426 e. The van der Waals surface area contributed by atoms with Gasteiger partial charge in [-0.2, -0.15) is 0 Å². The van der Waals surface area contributed by atoms with Gasteiger partial charge in [-0.25, -0.2) is 4.79 Å². The first-order valence-corrected chi connectivity index (χ1v) is 9.24. The van der Waals surface area contributed by atoms with Gasteiger partial charge in [0.1, 0.15) is 5.76 Å². The molecule has 0 unspecified atom stereocenters. The lowest BCUT2D eigenvalue weighted by atomic mass is 10.0. The van der Waals surface area contributed by atoms with Crippen LogP contribution in [0.1, 0.15) is 35.2 Å². The first-order chi connectivity index (χ1) is 13.0. The number of esters is 1. The molecule has 0 fully saturated rings. The average Bonchev–Trinajstić information content (AvgIpc) is 2.65. The summed E-state index contributed by atoms with van der Waals surface area (Å²) in [5.41, 5.74) is 1.32. The van der Waals surface area contributed by atoms with E-state index in [9.17, 15) is 19.7 Å². The molecule has 0 N–H and O–H groups in total. The second kappa shape index (κ2) is 8.18. The van der Waals surface area contributed by atoms with Gasteiger partial charge in [-0.05, 0) is 31.5 Å². The third-order valence-electron chi connectivity index (χ3n) is 4.09. The summed E-state index contributed by atoms with van der Waals surface area (Å²) in [6, 6.07) is 13.1. The average molecular weight is 383 g/mol. The standard InChI is InChI=1S/C20H17NO5S/c1-13-9-11-14(12-10-13)20(23)26-17-7-4-6-16(22)19(17)27-18-8-3-2-5-15(18)21(24)25/h2-3,5,8-12H,4,6-7H2,1H3. The molecule has 0 bridgehead atoms. The van der Waals surface area contributed by atoms with Crippen molar-refractivity contribution < 1.29 is 19.2 Å². The zero-order valence-electron chi connectivity index (χ0n) is 14.6. The van der Waals surface area contributed by atoms with Gasteiger partial charge in [0.15, 0.2) is 5.78 Å². The van der Waals surface area contributed by atoms with Gasteiger partial charge in [0, 0.05) is 18.9 Å². The molecule has 0 aliphatic heterocycles. The third kappa shape index (κ3) is 4.43. The maximum atomic E-state index is 12.4. The van der Waals surface area contributed by atoms with Crippen LogP contribution in [-0.4, -0.2) is 16.7 Å². The van der Waals surface area contributed by atoms with Crippen LogP contribution in [0, 0.1) is 17.0 Å². The molecule has 0 atom stereocenters. The van der Waals surface area contributed by atoms with Crippen LogP contribution in [0.15, 0.2) is 64.1 Å². The monoisotopic (exact) mass is 383 g/mol. The normalized spacial score (nSPS) is 14.2. The van der Waals surface area contributed by atoms with E-state index in [1.54, 1.807) is 42.5 Å². The minimum absolute atomic E-state index is 0.0856. The number of nitro benzene ring substituents is 1. The van der Waals surface area contributed by atoms with Crippen LogP contribution in [0.3, 0.4) is 0 Å². The Morgan fingerprint density at radius 1 is 1.11 bits per heavy atom. The largest absolute Gasteiger partial charge is 0.426 e. The van der Waals surface area contributed by atoms with Gasteiger partial charge in [0.25, 0.3) is 5.69 Å². The molecule has 0 aromatic heterocycles. The highest BCUT2D eigenvalue weighted by Crippen LogP contribution is 2.39. The van der Waals surface area contributed by atoms with E-state index in [2.05, 4.69) is 0 Å². The Balaban J connectivity index is 1.90. The highest BCUT2D eigenvalue weighted by atomic mass is 32.2. The smallest absolute Gasteiger partial charge is 0.343 e. The number of benzene rings is 2. The number of nitro groups is 1. The minimum atomic E-state index is -0.541. The molecule has 2 aromatic carbocycles. The van der Waals surface area contributed by atoms with Crippen molar-refractivity contribution in [2.75, 3.05) is 0 Å². The number of Topliss-reactive ketones (excluding diaryl/α,β-unsaturated/α-hetero) is 1. The Morgan fingerprint density at radius 3 is 2.52 bits per heavy atom. The van der Waals surface area contributed by atoms with Crippen molar-refractivity contribution >= 4 is 29.2 Å². The SMILES string of the molecule is Cc1ccc(C(=O)OC2=C(Sc3ccccc3[N+](=O)[O-])C(=O)CCC2)cc1. The van der Waals surface area contributed by atoms with E-state index in [0.29, 0.717) is 29.7 Å². The molecule has 7 heteroatoms. The zero-order valence-corrected chi connectivity index (χ0v) is 15.5. The molecule has 0 heterocycles. The summed E-state index contributed by atoms with van der Waals surface area (Å²) < 4.78 is 5.50. The molecule has 0 amide bonds. The molecule has 27 heavy (non-hydrogen) atoms. The number of carbonyl (C=O) groups is 2. The lowest BCUT2D eigenvalue weighted by molar-refractivity contribution is -0.387. The lowest BCUT2D eigenvalue weighted by Gasteiger charge is -2.18. The predicted molar refractivity (Wildman–Crippen MR) is 101 cm³/mol. The number of allylic oxidation sites excluding steroid dienone is 2. The van der Waals surface area contributed by atoms with Crippen LogP contribution < -0.4 is 0 Å². The lowest BCUT2D eigenvalue weighted by Crippen LogP contribution is -2.15. The number of carbonyl (C=O) groups excluding carboxylic acids is 2. The fraction of sp³-hybridized carbons (Fsp3) is 0.200. The van der Waals surface area contributed by atoms with E-state index in [4.69, 9.17) is 4.74 Å². The number of rotatable bonds is 5. The van der Waals surface area contributed by atoms with Crippen molar-refractivity contribution in [3.63, 3.8) is 0 Å². The van der Waals surface area contributed by atoms with Gasteiger partial charge in [-0.1, -0.05) is 41.6 Å². The van der Waals surface area contributed by atoms with Gasteiger partial charge in [-0.15, -0.1) is 0 Å². The number of hydrogen-bond acceptors (Lipinski definition) is 6. The summed E-state index contributed by atoms with van der Waals surface area (Å²) in [5.74, 6) is -0.434. The summed E-state index contributed by atoms with van der Waals surface area (Å²) in [6.45, 7) is 1.92. The van der Waals surface area contributed by atoms with Crippen molar-refractivity contribution in [3.8, 4) is 0 Å². The maximum absolute atomic E-state index is 12.4. The van der Waals surface area contributed by atoms with E-state index in [-0.39, 0.29) is 22.1 Å². The second-order valence-corrected chi connectivity index (χ2v) is 7.16. The summed E-state index contributed by atoms with van der Waals surface area (Å²) in [6.07, 6.45) is 1.34. The molecule has 1 aliphatic carbocycles.